The molecule has 2 saturated heterocycles. The van der Waals surface area contributed by atoms with Gasteiger partial charge in [-0.2, -0.15) is 4.31 Å². The Morgan fingerprint density at radius 3 is 2.90 bits per heavy atom. The first-order chi connectivity index (χ1) is 14.4. The van der Waals surface area contributed by atoms with E-state index in [1.807, 2.05) is 6.92 Å². The number of ether oxygens (including phenoxy) is 1. The first-order valence-electron chi connectivity index (χ1n) is 10.5. The van der Waals surface area contributed by atoms with Crippen LogP contribution in [0, 0.1) is 12.7 Å². The van der Waals surface area contributed by atoms with E-state index in [1.54, 1.807) is 4.31 Å². The number of aromatic nitrogens is 2. The molecule has 3 aliphatic heterocycles. The number of halogens is 1. The van der Waals surface area contributed by atoms with Crippen molar-refractivity contribution in [3.63, 3.8) is 0 Å². The first kappa shape index (κ1) is 19.8. The van der Waals surface area contributed by atoms with Gasteiger partial charge in [-0.05, 0) is 50.8 Å². The normalized spacial score (nSPS) is 26.0. The Hall–Kier alpha value is -2.10. The lowest BCUT2D eigenvalue weighted by Crippen LogP contribution is -2.42. The van der Waals surface area contributed by atoms with E-state index in [-0.39, 0.29) is 23.1 Å². The number of fused-ring (bicyclic) bond motifs is 4. The van der Waals surface area contributed by atoms with Gasteiger partial charge in [0.15, 0.2) is 0 Å². The number of sulfonamides is 1. The molecule has 3 atom stereocenters. The molecule has 2 fully saturated rings. The summed E-state index contributed by atoms with van der Waals surface area (Å²) in [5, 5.41) is 3.40. The Morgan fingerprint density at radius 1 is 1.27 bits per heavy atom. The molecule has 0 spiro atoms. The van der Waals surface area contributed by atoms with Crippen molar-refractivity contribution < 1.29 is 17.5 Å². The van der Waals surface area contributed by atoms with Crippen LogP contribution in [0.5, 0.6) is 0 Å². The highest BCUT2D eigenvalue weighted by molar-refractivity contribution is 7.89. The fourth-order valence-electron chi connectivity index (χ4n) is 4.95. The van der Waals surface area contributed by atoms with E-state index in [9.17, 15) is 12.8 Å². The lowest BCUT2D eigenvalue weighted by atomic mass is 10.00. The van der Waals surface area contributed by atoms with Crippen molar-refractivity contribution in [3.05, 3.63) is 47.2 Å². The largest absolute Gasteiger partial charge is 0.376 e. The summed E-state index contributed by atoms with van der Waals surface area (Å²) in [5.41, 5.74) is 1.77. The summed E-state index contributed by atoms with van der Waals surface area (Å²) in [7, 11) is -3.84. The van der Waals surface area contributed by atoms with Crippen molar-refractivity contribution in [2.45, 2.75) is 62.1 Å². The molecule has 0 saturated carbocycles. The lowest BCUT2D eigenvalue weighted by Gasteiger charge is -2.35. The number of aryl methyl sites for hydroxylation is 1. The summed E-state index contributed by atoms with van der Waals surface area (Å²) in [5.74, 6) is 0.806. The van der Waals surface area contributed by atoms with Crippen molar-refractivity contribution in [1.82, 2.24) is 14.3 Å². The molecule has 0 radical (unpaired) electrons. The van der Waals surface area contributed by atoms with Gasteiger partial charge in [-0.15, -0.1) is 0 Å². The van der Waals surface area contributed by atoms with E-state index in [0.29, 0.717) is 31.0 Å². The molecule has 160 valence electrons. The predicted molar refractivity (Wildman–Crippen MR) is 109 cm³/mol. The molecular weight excluding hydrogens is 407 g/mol. The molecule has 7 nitrogen and oxygen atoms in total. The van der Waals surface area contributed by atoms with Crippen LogP contribution in [0.4, 0.5) is 10.2 Å². The third kappa shape index (κ3) is 3.38. The van der Waals surface area contributed by atoms with Gasteiger partial charge in [0.1, 0.15) is 17.5 Å². The van der Waals surface area contributed by atoms with Crippen molar-refractivity contribution in [2.24, 2.45) is 0 Å². The zero-order valence-corrected chi connectivity index (χ0v) is 17.7. The lowest BCUT2D eigenvalue weighted by molar-refractivity contribution is 0.120. The van der Waals surface area contributed by atoms with Crippen LogP contribution < -0.4 is 5.32 Å². The summed E-state index contributed by atoms with van der Waals surface area (Å²) < 4.78 is 47.9. The maximum absolute atomic E-state index is 13.7. The summed E-state index contributed by atoms with van der Waals surface area (Å²) in [4.78, 5) is 9.23. The van der Waals surface area contributed by atoms with Gasteiger partial charge in [-0.1, -0.05) is 6.07 Å². The van der Waals surface area contributed by atoms with Gasteiger partial charge >= 0.3 is 0 Å². The molecule has 2 bridgehead atoms. The van der Waals surface area contributed by atoms with E-state index in [1.165, 1.54) is 18.2 Å². The number of hydrogen-bond acceptors (Lipinski definition) is 6. The van der Waals surface area contributed by atoms with E-state index < -0.39 is 15.8 Å². The van der Waals surface area contributed by atoms with Crippen molar-refractivity contribution >= 4 is 15.8 Å². The maximum Gasteiger partial charge on any atom is 0.244 e. The average molecular weight is 433 g/mol. The quantitative estimate of drug-likeness (QED) is 0.782. The minimum Gasteiger partial charge on any atom is -0.376 e. The molecule has 9 heteroatoms. The Kier molecular flexibility index (Phi) is 4.99. The minimum atomic E-state index is -3.84. The zero-order chi connectivity index (χ0) is 20.9. The third-order valence-corrected chi connectivity index (χ3v) is 8.19. The Bertz CT molecular complexity index is 1070. The molecule has 0 unspecified atom stereocenters. The Morgan fingerprint density at radius 2 is 2.13 bits per heavy atom. The minimum absolute atomic E-state index is 0.00950. The Labute approximate surface area is 175 Å². The number of benzene rings is 1. The first-order valence-corrected chi connectivity index (χ1v) is 11.9. The van der Waals surface area contributed by atoms with Crippen LogP contribution >= 0.6 is 0 Å². The van der Waals surface area contributed by atoms with Crippen molar-refractivity contribution in [3.8, 4) is 0 Å². The monoisotopic (exact) mass is 432 g/mol. The Balaban J connectivity index is 1.51. The highest BCUT2D eigenvalue weighted by Crippen LogP contribution is 2.48. The molecule has 2 aromatic rings. The van der Waals surface area contributed by atoms with E-state index in [0.717, 1.165) is 43.2 Å². The second kappa shape index (κ2) is 7.55. The highest BCUT2D eigenvalue weighted by atomic mass is 32.2. The van der Waals surface area contributed by atoms with Gasteiger partial charge in [-0.3, -0.25) is 0 Å². The topological polar surface area (TPSA) is 84.4 Å². The zero-order valence-electron chi connectivity index (χ0n) is 16.8. The van der Waals surface area contributed by atoms with Gasteiger partial charge in [0.2, 0.25) is 10.0 Å². The van der Waals surface area contributed by atoms with Crippen LogP contribution in [0.1, 0.15) is 48.8 Å². The predicted octanol–water partition coefficient (Wildman–Crippen LogP) is 2.97. The molecule has 1 aromatic heterocycles. The molecule has 1 aromatic carbocycles. The van der Waals surface area contributed by atoms with Crippen molar-refractivity contribution in [2.75, 3.05) is 18.5 Å². The van der Waals surface area contributed by atoms with Crippen LogP contribution in [0.2, 0.25) is 0 Å². The molecule has 3 aliphatic rings. The highest BCUT2D eigenvalue weighted by Gasteiger charge is 2.48. The number of rotatable bonds is 5. The van der Waals surface area contributed by atoms with Crippen LogP contribution in [0.3, 0.4) is 0 Å². The number of nitrogens with one attached hydrogen (secondary N) is 1. The smallest absolute Gasteiger partial charge is 0.244 e. The molecule has 5 rings (SSSR count). The summed E-state index contributed by atoms with van der Waals surface area (Å²) in [6.45, 7) is 3.27. The van der Waals surface area contributed by atoms with Gasteiger partial charge in [0, 0.05) is 31.2 Å². The van der Waals surface area contributed by atoms with Gasteiger partial charge in [0.05, 0.1) is 22.7 Å². The standard InChI is InChI=1S/C21H25FN4O3S/c1-13-24-18-11-15-7-8-19(20(18)21(25-13)23-12-16-5-3-9-29-16)26(15)30(27,28)17-6-2-4-14(22)10-17/h2,4,6,10,15-16,19H,3,5,7-9,11-12H2,1H3,(H,23,24,25)/t15-,16+,19+/m0/s1. The molecule has 4 heterocycles. The van der Waals surface area contributed by atoms with Crippen LogP contribution in [0.15, 0.2) is 29.2 Å². The second-order valence-electron chi connectivity index (χ2n) is 8.24. The van der Waals surface area contributed by atoms with Crippen molar-refractivity contribution in [1.29, 1.82) is 0 Å². The summed E-state index contributed by atoms with van der Waals surface area (Å²) in [6.07, 6.45) is 4.19. The van der Waals surface area contributed by atoms with Gasteiger partial charge in [0.25, 0.3) is 0 Å². The fraction of sp³-hybridized carbons (Fsp3) is 0.524. The number of hydrogen-bond donors (Lipinski definition) is 1. The van der Waals surface area contributed by atoms with Gasteiger partial charge in [-0.25, -0.2) is 22.8 Å². The summed E-state index contributed by atoms with van der Waals surface area (Å²) >= 11 is 0. The second-order valence-corrected chi connectivity index (χ2v) is 10.1. The summed E-state index contributed by atoms with van der Waals surface area (Å²) in [6, 6.07) is 4.71. The fourth-order valence-corrected chi connectivity index (χ4v) is 6.83. The number of anilines is 1. The van der Waals surface area contributed by atoms with Crippen LogP contribution in [0.25, 0.3) is 0 Å². The van der Waals surface area contributed by atoms with E-state index in [4.69, 9.17) is 4.74 Å². The maximum atomic E-state index is 13.7. The molecule has 1 N–H and O–H groups in total. The average Bonchev–Trinajstić information content (AvgIpc) is 3.33. The molecule has 0 amide bonds. The molecule has 30 heavy (non-hydrogen) atoms. The SMILES string of the molecule is Cc1nc2c(c(NC[C@H]3CCCO3)n1)[C@H]1CC[C@@H](C2)N1S(=O)(=O)c1cccc(F)c1. The van der Waals surface area contributed by atoms with Crippen LogP contribution in [-0.2, 0) is 21.2 Å². The molecule has 0 aliphatic carbocycles. The third-order valence-electron chi connectivity index (χ3n) is 6.23. The molecular formula is C21H25FN4O3S. The van der Waals surface area contributed by atoms with E-state index in [2.05, 4.69) is 15.3 Å². The van der Waals surface area contributed by atoms with Gasteiger partial charge < -0.3 is 10.1 Å². The number of nitrogens with zero attached hydrogens (tertiary/aromatic N) is 3. The van der Waals surface area contributed by atoms with E-state index >= 15 is 0 Å². The van der Waals surface area contributed by atoms with Crippen LogP contribution in [-0.4, -0.2) is 48.0 Å².